The van der Waals surface area contributed by atoms with Gasteiger partial charge < -0.3 is 25.8 Å². The molecule has 4 heterocycles. The van der Waals surface area contributed by atoms with Crippen LogP contribution in [0.4, 0.5) is 27.8 Å². The maximum absolute atomic E-state index is 13.3. The van der Waals surface area contributed by atoms with Crippen molar-refractivity contribution < 1.29 is 14.4 Å². The van der Waals surface area contributed by atoms with E-state index in [0.29, 0.717) is 46.7 Å². The summed E-state index contributed by atoms with van der Waals surface area (Å²) in [4.78, 5) is 45.9. The molecule has 0 spiro atoms. The number of likely N-dealkylation sites (N-methyl/N-ethyl adjacent to an activating group) is 1. The van der Waals surface area contributed by atoms with Crippen LogP contribution in [0, 0.1) is 3.57 Å². The van der Waals surface area contributed by atoms with Gasteiger partial charge in [0.05, 0.1) is 6.20 Å². The Morgan fingerprint density at radius 3 is 2.57 bits per heavy atom. The standard InChI is InChI=1S/C29H28IN9O3/c1-37(2)22-9-10-38(16-22)28(41)17-5-3-7-20(11-17)33-25-14-24(32-21-8-4-6-19(30)13-21)35-26-18(15-31-39(25)26)12-23-27(40)36-29(42)34-23/h3-8,11-15,22,33H,9-10,16H2,1-2H3,(H,32,35)(H2,34,36,40,42)/b23-12-. The summed E-state index contributed by atoms with van der Waals surface area (Å²) in [7, 11) is 4.08. The second kappa shape index (κ2) is 11.4. The molecule has 4 amide bonds. The second-order valence-electron chi connectivity index (χ2n) is 10.3. The van der Waals surface area contributed by atoms with Gasteiger partial charge in [0.15, 0.2) is 5.65 Å². The summed E-state index contributed by atoms with van der Waals surface area (Å²) in [5.74, 6) is 0.582. The number of hydrogen-bond acceptors (Lipinski definition) is 8. The van der Waals surface area contributed by atoms with Gasteiger partial charge in [-0.1, -0.05) is 12.1 Å². The molecule has 4 N–H and O–H groups in total. The summed E-state index contributed by atoms with van der Waals surface area (Å²) in [5.41, 5.74) is 3.23. The number of carbonyl (C=O) groups excluding carboxylic acids is 3. The second-order valence-corrected chi connectivity index (χ2v) is 11.6. The fourth-order valence-corrected chi connectivity index (χ4v) is 5.54. The maximum atomic E-state index is 13.3. The van der Waals surface area contributed by atoms with E-state index < -0.39 is 11.9 Å². The topological polar surface area (TPSA) is 136 Å². The molecule has 4 aromatic rings. The zero-order chi connectivity index (χ0) is 29.4. The molecule has 0 saturated carbocycles. The Balaban J connectivity index is 1.34. The van der Waals surface area contributed by atoms with E-state index in [1.165, 1.54) is 6.08 Å². The highest BCUT2D eigenvalue weighted by atomic mass is 127. The number of nitrogens with zero attached hydrogens (tertiary/aromatic N) is 5. The number of nitrogens with one attached hydrogen (secondary N) is 4. The van der Waals surface area contributed by atoms with Crippen molar-refractivity contribution in [3.8, 4) is 0 Å². The predicted molar refractivity (Wildman–Crippen MR) is 168 cm³/mol. The van der Waals surface area contributed by atoms with Crippen molar-refractivity contribution in [2.45, 2.75) is 12.5 Å². The lowest BCUT2D eigenvalue weighted by Gasteiger charge is -2.20. The molecule has 12 nitrogen and oxygen atoms in total. The van der Waals surface area contributed by atoms with Crippen molar-refractivity contribution in [2.24, 2.45) is 0 Å². The minimum absolute atomic E-state index is 0.00574. The van der Waals surface area contributed by atoms with Gasteiger partial charge in [-0.15, -0.1) is 0 Å². The maximum Gasteiger partial charge on any atom is 0.326 e. The Kier molecular flexibility index (Phi) is 7.51. The lowest BCUT2D eigenvalue weighted by molar-refractivity contribution is -0.115. The third-order valence-electron chi connectivity index (χ3n) is 7.18. The summed E-state index contributed by atoms with van der Waals surface area (Å²) in [5, 5.41) is 15.9. The zero-order valence-electron chi connectivity index (χ0n) is 22.9. The first kappa shape index (κ1) is 27.7. The minimum atomic E-state index is -0.584. The number of halogens is 1. The molecule has 214 valence electrons. The van der Waals surface area contributed by atoms with Crippen LogP contribution >= 0.6 is 22.6 Å². The molecule has 0 radical (unpaired) electrons. The van der Waals surface area contributed by atoms with E-state index in [4.69, 9.17) is 4.98 Å². The Morgan fingerprint density at radius 1 is 1.07 bits per heavy atom. The summed E-state index contributed by atoms with van der Waals surface area (Å²) < 4.78 is 2.67. The Morgan fingerprint density at radius 2 is 1.86 bits per heavy atom. The summed E-state index contributed by atoms with van der Waals surface area (Å²) >= 11 is 2.25. The molecule has 2 aliphatic rings. The van der Waals surface area contributed by atoms with Gasteiger partial charge in [0.25, 0.3) is 11.8 Å². The number of likely N-dealkylation sites (tertiary alicyclic amines) is 1. The minimum Gasteiger partial charge on any atom is -0.340 e. The third kappa shape index (κ3) is 5.78. The van der Waals surface area contributed by atoms with Gasteiger partial charge in [0.2, 0.25) is 0 Å². The van der Waals surface area contributed by atoms with Gasteiger partial charge >= 0.3 is 6.03 Å². The van der Waals surface area contributed by atoms with Gasteiger partial charge in [-0.25, -0.2) is 9.78 Å². The Hall–Kier alpha value is -4.50. The fraction of sp³-hybridized carbons (Fsp3) is 0.207. The molecular formula is C29H28IN9O3. The number of hydrogen-bond donors (Lipinski definition) is 4. The average molecular weight is 678 g/mol. The normalized spacial score (nSPS) is 17.7. The van der Waals surface area contributed by atoms with Gasteiger partial charge in [-0.05, 0) is 85.6 Å². The summed E-state index contributed by atoms with van der Waals surface area (Å²) in [6.45, 7) is 1.42. The van der Waals surface area contributed by atoms with Crippen molar-refractivity contribution in [3.05, 3.63) is 81.2 Å². The molecule has 1 atom stereocenters. The van der Waals surface area contributed by atoms with E-state index in [1.807, 2.05) is 73.6 Å². The number of fused-ring (bicyclic) bond motifs is 1. The van der Waals surface area contributed by atoms with Crippen LogP contribution in [0.1, 0.15) is 22.3 Å². The fourth-order valence-electron chi connectivity index (χ4n) is 4.99. The zero-order valence-corrected chi connectivity index (χ0v) is 25.0. The summed E-state index contributed by atoms with van der Waals surface area (Å²) in [6.07, 6.45) is 4.05. The number of benzene rings is 2. The molecule has 2 fully saturated rings. The number of rotatable bonds is 7. The number of aromatic nitrogens is 3. The van der Waals surface area contributed by atoms with Crippen LogP contribution in [-0.4, -0.2) is 75.5 Å². The highest BCUT2D eigenvalue weighted by Gasteiger charge is 2.28. The van der Waals surface area contributed by atoms with Crippen LogP contribution in [0.15, 0.2) is 66.5 Å². The largest absolute Gasteiger partial charge is 0.340 e. The average Bonchev–Trinajstić information content (AvgIpc) is 3.68. The molecule has 42 heavy (non-hydrogen) atoms. The summed E-state index contributed by atoms with van der Waals surface area (Å²) in [6, 6.07) is 16.8. The third-order valence-corrected chi connectivity index (χ3v) is 7.85. The van der Waals surface area contributed by atoms with Crippen molar-refractivity contribution in [1.82, 2.24) is 35.0 Å². The molecule has 2 saturated heterocycles. The van der Waals surface area contributed by atoms with Crippen molar-refractivity contribution in [2.75, 3.05) is 37.8 Å². The molecule has 2 aromatic carbocycles. The van der Waals surface area contributed by atoms with Gasteiger partial charge in [0.1, 0.15) is 17.3 Å². The highest BCUT2D eigenvalue weighted by Crippen LogP contribution is 2.27. The van der Waals surface area contributed by atoms with E-state index in [-0.39, 0.29) is 11.6 Å². The van der Waals surface area contributed by atoms with E-state index in [1.54, 1.807) is 10.7 Å². The van der Waals surface area contributed by atoms with Gasteiger partial charge in [0, 0.05) is 51.3 Å². The predicted octanol–water partition coefficient (Wildman–Crippen LogP) is 3.78. The number of urea groups is 1. The van der Waals surface area contributed by atoms with Gasteiger partial charge in [-0.2, -0.15) is 9.61 Å². The SMILES string of the molecule is CN(C)C1CCN(C(=O)c2cccc(Nc3cc(Nc4cccc(I)c4)nc4c(/C=C5\NC(=O)NC5=O)cnn34)c2)C1. The lowest BCUT2D eigenvalue weighted by atomic mass is 10.1. The molecule has 6 rings (SSSR count). The van der Waals surface area contributed by atoms with Crippen molar-refractivity contribution in [3.63, 3.8) is 0 Å². The number of amides is 4. The smallest absolute Gasteiger partial charge is 0.326 e. The highest BCUT2D eigenvalue weighted by molar-refractivity contribution is 14.1. The molecule has 2 aromatic heterocycles. The number of imide groups is 1. The van der Waals surface area contributed by atoms with E-state index in [9.17, 15) is 14.4 Å². The molecular weight excluding hydrogens is 649 g/mol. The number of anilines is 4. The monoisotopic (exact) mass is 677 g/mol. The first-order valence-electron chi connectivity index (χ1n) is 13.3. The molecule has 0 bridgehead atoms. The Bertz CT molecular complexity index is 1750. The van der Waals surface area contributed by atoms with Crippen molar-refractivity contribution in [1.29, 1.82) is 0 Å². The van der Waals surface area contributed by atoms with Crippen LogP contribution in [0.5, 0.6) is 0 Å². The molecule has 0 aliphatic carbocycles. The first-order valence-corrected chi connectivity index (χ1v) is 14.4. The first-order chi connectivity index (χ1) is 20.2. The van der Waals surface area contributed by atoms with Crippen LogP contribution in [0.2, 0.25) is 0 Å². The molecule has 1 unspecified atom stereocenters. The van der Waals surface area contributed by atoms with Crippen LogP contribution < -0.4 is 21.3 Å². The van der Waals surface area contributed by atoms with E-state index >= 15 is 0 Å². The molecule has 13 heteroatoms. The van der Waals surface area contributed by atoms with Crippen LogP contribution in [-0.2, 0) is 4.79 Å². The molecule has 2 aliphatic heterocycles. The lowest BCUT2D eigenvalue weighted by Crippen LogP contribution is -2.34. The number of carbonyl (C=O) groups is 3. The van der Waals surface area contributed by atoms with E-state index in [0.717, 1.165) is 22.2 Å². The van der Waals surface area contributed by atoms with Crippen LogP contribution in [0.3, 0.4) is 0 Å². The Labute approximate surface area is 255 Å². The van der Waals surface area contributed by atoms with Crippen molar-refractivity contribution >= 4 is 75.2 Å². The van der Waals surface area contributed by atoms with E-state index in [2.05, 4.69) is 53.9 Å². The van der Waals surface area contributed by atoms with Crippen LogP contribution in [0.25, 0.3) is 11.7 Å². The van der Waals surface area contributed by atoms with Gasteiger partial charge in [-0.3, -0.25) is 14.9 Å². The quantitative estimate of drug-likeness (QED) is 0.132.